The van der Waals surface area contributed by atoms with Crippen LogP contribution in [0.4, 0.5) is 0 Å². The first-order valence-corrected chi connectivity index (χ1v) is 18.6. The standard InChI is InChI=1S/C45H26N4S2/c1-2-13-27(14-3-1)43-46-44(48-45(47-43)49-36-23-7-4-15-28(36)29-16-5-8-24-37(29)49)35-22-11-21-33-32-20-10-19-31(41(32)51-42(33)35)30-18-12-26-39-40(30)34-17-6-9-25-38(34)50-39/h1-26H. The van der Waals surface area contributed by atoms with E-state index in [4.69, 9.17) is 15.0 Å². The van der Waals surface area contributed by atoms with Crippen LogP contribution in [-0.2, 0) is 0 Å². The lowest BCUT2D eigenvalue weighted by Crippen LogP contribution is -2.06. The van der Waals surface area contributed by atoms with E-state index in [-0.39, 0.29) is 0 Å². The highest BCUT2D eigenvalue weighted by Crippen LogP contribution is 2.47. The quantitative estimate of drug-likeness (QED) is 0.185. The van der Waals surface area contributed by atoms with E-state index >= 15 is 0 Å². The van der Waals surface area contributed by atoms with E-state index in [1.807, 2.05) is 40.9 Å². The maximum absolute atomic E-state index is 5.29. The average molecular weight is 687 g/mol. The van der Waals surface area contributed by atoms with Crippen LogP contribution in [0.25, 0.3) is 102 Å². The van der Waals surface area contributed by atoms with Crippen molar-refractivity contribution in [3.05, 3.63) is 158 Å². The highest BCUT2D eigenvalue weighted by molar-refractivity contribution is 7.27. The Labute approximate surface area is 300 Å². The van der Waals surface area contributed by atoms with E-state index in [1.165, 1.54) is 62.2 Å². The summed E-state index contributed by atoms with van der Waals surface area (Å²) in [4.78, 5) is 15.6. The van der Waals surface area contributed by atoms with Crippen LogP contribution < -0.4 is 0 Å². The summed E-state index contributed by atoms with van der Waals surface area (Å²) in [6.07, 6.45) is 0. The molecule has 0 aliphatic carbocycles. The molecule has 11 rings (SSSR count). The van der Waals surface area contributed by atoms with Crippen molar-refractivity contribution in [2.75, 3.05) is 0 Å². The van der Waals surface area contributed by atoms with E-state index in [0.717, 1.165) is 22.2 Å². The molecule has 0 amide bonds. The first kappa shape index (κ1) is 28.6. The van der Waals surface area contributed by atoms with Gasteiger partial charge in [0.2, 0.25) is 5.95 Å². The summed E-state index contributed by atoms with van der Waals surface area (Å²) in [5.74, 6) is 1.91. The second-order valence-electron chi connectivity index (χ2n) is 12.8. The SMILES string of the molecule is c1ccc(-c2nc(-c3cccc4c3sc3c(-c5cccc6sc7ccccc7c56)cccc34)nc(-n3c4ccccc4c4ccccc43)n2)cc1. The molecule has 4 nitrogen and oxygen atoms in total. The normalized spacial score (nSPS) is 11.9. The molecule has 51 heavy (non-hydrogen) atoms. The molecular weight excluding hydrogens is 661 g/mol. The van der Waals surface area contributed by atoms with Crippen LogP contribution in [0.15, 0.2) is 158 Å². The van der Waals surface area contributed by atoms with Crippen LogP contribution in [0, 0.1) is 0 Å². The molecule has 4 aromatic heterocycles. The second-order valence-corrected chi connectivity index (χ2v) is 14.9. The first-order chi connectivity index (χ1) is 25.3. The van der Waals surface area contributed by atoms with Gasteiger partial charge in [-0.25, -0.2) is 4.98 Å². The zero-order valence-electron chi connectivity index (χ0n) is 27.1. The molecule has 0 fully saturated rings. The van der Waals surface area contributed by atoms with Crippen molar-refractivity contribution in [3.8, 4) is 39.9 Å². The molecule has 0 bridgehead atoms. The van der Waals surface area contributed by atoms with Crippen molar-refractivity contribution >= 4 is 84.8 Å². The van der Waals surface area contributed by atoms with Crippen LogP contribution in [0.2, 0.25) is 0 Å². The van der Waals surface area contributed by atoms with E-state index in [0.29, 0.717) is 17.6 Å². The Bertz CT molecular complexity index is 3100. The van der Waals surface area contributed by atoms with Gasteiger partial charge in [-0.15, -0.1) is 22.7 Å². The number of benzene rings is 7. The number of nitrogens with zero attached hydrogens (tertiary/aromatic N) is 4. The minimum Gasteiger partial charge on any atom is -0.278 e. The van der Waals surface area contributed by atoms with Crippen molar-refractivity contribution in [2.24, 2.45) is 0 Å². The van der Waals surface area contributed by atoms with Gasteiger partial charge in [-0.05, 0) is 35.9 Å². The molecule has 0 saturated heterocycles. The van der Waals surface area contributed by atoms with Crippen molar-refractivity contribution in [2.45, 2.75) is 0 Å². The molecule has 4 heterocycles. The third-order valence-electron chi connectivity index (χ3n) is 9.89. The van der Waals surface area contributed by atoms with Crippen LogP contribution in [0.1, 0.15) is 0 Å². The predicted octanol–water partition coefficient (Wildman–Crippen LogP) is 12.7. The Hall–Kier alpha value is -6.21. The number of para-hydroxylation sites is 2. The highest BCUT2D eigenvalue weighted by atomic mass is 32.1. The number of hydrogen-bond acceptors (Lipinski definition) is 5. The zero-order valence-corrected chi connectivity index (χ0v) is 28.7. The van der Waals surface area contributed by atoms with E-state index in [9.17, 15) is 0 Å². The molecule has 7 aromatic carbocycles. The van der Waals surface area contributed by atoms with Gasteiger partial charge in [0.1, 0.15) is 0 Å². The Morgan fingerprint density at radius 1 is 0.373 bits per heavy atom. The fourth-order valence-corrected chi connectivity index (χ4v) is 10.1. The minimum absolute atomic E-state index is 0.603. The van der Waals surface area contributed by atoms with Crippen LogP contribution in [-0.4, -0.2) is 19.5 Å². The van der Waals surface area contributed by atoms with Gasteiger partial charge in [-0.1, -0.05) is 127 Å². The molecule has 0 aliphatic heterocycles. The molecule has 0 atom stereocenters. The predicted molar refractivity (Wildman–Crippen MR) is 216 cm³/mol. The third-order valence-corrected chi connectivity index (χ3v) is 12.3. The average Bonchev–Trinajstić information content (AvgIpc) is 3.88. The summed E-state index contributed by atoms with van der Waals surface area (Å²) >= 11 is 3.69. The van der Waals surface area contributed by atoms with Crippen molar-refractivity contribution in [1.29, 1.82) is 0 Å². The van der Waals surface area contributed by atoms with Gasteiger partial charge >= 0.3 is 0 Å². The van der Waals surface area contributed by atoms with Gasteiger partial charge < -0.3 is 0 Å². The smallest absolute Gasteiger partial charge is 0.238 e. The van der Waals surface area contributed by atoms with Gasteiger partial charge in [0.15, 0.2) is 11.6 Å². The molecule has 0 radical (unpaired) electrons. The number of aromatic nitrogens is 4. The van der Waals surface area contributed by atoms with Crippen molar-refractivity contribution in [3.63, 3.8) is 0 Å². The number of hydrogen-bond donors (Lipinski definition) is 0. The minimum atomic E-state index is 0.603. The van der Waals surface area contributed by atoms with E-state index in [1.54, 1.807) is 0 Å². The first-order valence-electron chi connectivity index (χ1n) is 17.0. The Morgan fingerprint density at radius 3 is 1.69 bits per heavy atom. The van der Waals surface area contributed by atoms with Gasteiger partial charge in [-0.3, -0.25) is 4.57 Å². The molecule has 0 saturated carbocycles. The van der Waals surface area contributed by atoms with Gasteiger partial charge in [0.25, 0.3) is 0 Å². The van der Waals surface area contributed by atoms with Gasteiger partial charge in [0, 0.05) is 67.8 Å². The maximum Gasteiger partial charge on any atom is 0.238 e. The molecule has 238 valence electrons. The van der Waals surface area contributed by atoms with Gasteiger partial charge in [0.05, 0.1) is 11.0 Å². The fourth-order valence-electron chi connectivity index (χ4n) is 7.65. The van der Waals surface area contributed by atoms with Crippen LogP contribution in [0.3, 0.4) is 0 Å². The Kier molecular flexibility index (Phi) is 6.26. The monoisotopic (exact) mass is 686 g/mol. The summed E-state index contributed by atoms with van der Waals surface area (Å²) in [6, 6.07) is 55.9. The Morgan fingerprint density at radius 2 is 0.922 bits per heavy atom. The van der Waals surface area contributed by atoms with E-state index in [2.05, 4.69) is 144 Å². The van der Waals surface area contributed by atoms with Crippen molar-refractivity contribution < 1.29 is 0 Å². The molecule has 0 N–H and O–H groups in total. The summed E-state index contributed by atoms with van der Waals surface area (Å²) in [7, 11) is 0. The number of thiophene rings is 2. The van der Waals surface area contributed by atoms with Crippen LogP contribution in [0.5, 0.6) is 0 Å². The molecule has 0 aliphatic rings. The zero-order chi connectivity index (χ0) is 33.5. The second kappa shape index (κ2) is 11.2. The summed E-state index contributed by atoms with van der Waals surface area (Å²) in [5.41, 5.74) is 6.60. The summed E-state index contributed by atoms with van der Waals surface area (Å²) < 4.78 is 7.23. The lowest BCUT2D eigenvalue weighted by Gasteiger charge is -2.11. The lowest BCUT2D eigenvalue weighted by molar-refractivity contribution is 0.954. The molecule has 0 unspecified atom stereocenters. The summed E-state index contributed by atoms with van der Waals surface area (Å²) in [5, 5.41) is 7.42. The number of rotatable bonds is 4. The third kappa shape index (κ3) is 4.34. The molecular formula is C45H26N4S2. The largest absolute Gasteiger partial charge is 0.278 e. The van der Waals surface area contributed by atoms with Crippen LogP contribution >= 0.6 is 22.7 Å². The molecule has 6 heteroatoms. The number of fused-ring (bicyclic) bond motifs is 9. The maximum atomic E-state index is 5.29. The summed E-state index contributed by atoms with van der Waals surface area (Å²) in [6.45, 7) is 0. The van der Waals surface area contributed by atoms with E-state index < -0.39 is 0 Å². The molecule has 0 spiro atoms. The fraction of sp³-hybridized carbons (Fsp3) is 0. The Balaban J connectivity index is 1.18. The topological polar surface area (TPSA) is 43.6 Å². The van der Waals surface area contributed by atoms with Gasteiger partial charge in [-0.2, -0.15) is 9.97 Å². The van der Waals surface area contributed by atoms with Crippen molar-refractivity contribution in [1.82, 2.24) is 19.5 Å². The molecule has 11 aromatic rings. The lowest BCUT2D eigenvalue weighted by atomic mass is 9.97. The highest BCUT2D eigenvalue weighted by Gasteiger charge is 2.21.